The van der Waals surface area contributed by atoms with E-state index in [1.165, 1.54) is 0 Å². The summed E-state index contributed by atoms with van der Waals surface area (Å²) in [4.78, 5) is 2.82. The summed E-state index contributed by atoms with van der Waals surface area (Å²) in [7, 11) is 0. The molecule has 2 fully saturated rings. The minimum Gasteiger partial charge on any atom is -0.390 e. The van der Waals surface area contributed by atoms with Crippen molar-refractivity contribution in [1.29, 1.82) is 0 Å². The zero-order valence-electron chi connectivity index (χ0n) is 14.1. The van der Waals surface area contributed by atoms with Crippen molar-refractivity contribution in [2.75, 3.05) is 13.2 Å². The molecule has 2 saturated heterocycles. The van der Waals surface area contributed by atoms with Crippen molar-refractivity contribution in [2.45, 2.75) is 56.7 Å². The molecule has 3 unspecified atom stereocenters. The van der Waals surface area contributed by atoms with E-state index in [4.69, 9.17) is 24.5 Å². The van der Waals surface area contributed by atoms with Gasteiger partial charge in [-0.15, -0.1) is 0 Å². The molecule has 25 heavy (non-hydrogen) atoms. The molecule has 8 heteroatoms. The third-order valence-corrected chi connectivity index (χ3v) is 4.37. The number of hydrogen-bond donors (Lipinski definition) is 1. The van der Waals surface area contributed by atoms with Gasteiger partial charge in [0.2, 0.25) is 0 Å². The lowest BCUT2D eigenvalue weighted by Crippen LogP contribution is -2.61. The van der Waals surface area contributed by atoms with Crippen LogP contribution in [0.1, 0.15) is 31.6 Å². The van der Waals surface area contributed by atoms with Gasteiger partial charge in [0.1, 0.15) is 18.2 Å². The average Bonchev–Trinajstić information content (AvgIpc) is 2.65. The predicted molar refractivity (Wildman–Crippen MR) is 88.5 cm³/mol. The number of benzene rings is 1. The molecule has 6 atom stereocenters. The summed E-state index contributed by atoms with van der Waals surface area (Å²) in [6.45, 7) is 2.78. The molecule has 0 bridgehead atoms. The van der Waals surface area contributed by atoms with Crippen molar-refractivity contribution in [2.24, 2.45) is 5.11 Å². The molecule has 0 saturated carbocycles. The fourth-order valence-electron chi connectivity index (χ4n) is 3.02. The molecule has 2 aliphatic heterocycles. The van der Waals surface area contributed by atoms with Crippen molar-refractivity contribution >= 4 is 0 Å². The Labute approximate surface area is 146 Å². The normalized spacial score (nSPS) is 34.8. The molecular formula is C17H23N3O5. The van der Waals surface area contributed by atoms with Crippen molar-refractivity contribution in [3.8, 4) is 0 Å². The van der Waals surface area contributed by atoms with Crippen LogP contribution in [0.2, 0.25) is 0 Å². The van der Waals surface area contributed by atoms with Gasteiger partial charge in [0.25, 0.3) is 0 Å². The first-order valence-electron chi connectivity index (χ1n) is 8.56. The maximum atomic E-state index is 10.7. The summed E-state index contributed by atoms with van der Waals surface area (Å²) in [5.74, 6) is 0. The van der Waals surface area contributed by atoms with Gasteiger partial charge in [0, 0.05) is 17.1 Å². The number of rotatable bonds is 6. The van der Waals surface area contributed by atoms with Gasteiger partial charge in [-0.25, -0.2) is 0 Å². The van der Waals surface area contributed by atoms with Crippen LogP contribution in [0.15, 0.2) is 35.4 Å². The summed E-state index contributed by atoms with van der Waals surface area (Å²) in [6.07, 6.45) is -1.73. The molecular weight excluding hydrogens is 326 g/mol. The van der Waals surface area contributed by atoms with E-state index in [1.54, 1.807) is 0 Å². The highest BCUT2D eigenvalue weighted by Gasteiger charge is 2.49. The largest absolute Gasteiger partial charge is 0.390 e. The van der Waals surface area contributed by atoms with E-state index in [2.05, 4.69) is 10.0 Å². The molecule has 136 valence electrons. The third kappa shape index (κ3) is 4.12. The maximum absolute atomic E-state index is 10.7. The highest BCUT2D eigenvalue weighted by Crippen LogP contribution is 2.35. The van der Waals surface area contributed by atoms with Crippen molar-refractivity contribution in [3.63, 3.8) is 0 Å². The second-order valence-electron chi connectivity index (χ2n) is 6.13. The first-order valence-corrected chi connectivity index (χ1v) is 8.56. The summed E-state index contributed by atoms with van der Waals surface area (Å²) in [5, 5.41) is 14.4. The standard InChI is InChI=1S/C17H23N3O5/c1-2-3-9-22-17-13(19-20-18)14(21)15-12(24-17)10-23-16(25-15)11-7-5-4-6-8-11/h4-8,12-17,21H,2-3,9-10H2,1H3/t12?,13?,14-,15-,16?,17+/m0/s1. The molecule has 0 radical (unpaired) electrons. The summed E-state index contributed by atoms with van der Waals surface area (Å²) in [5.41, 5.74) is 9.68. The molecule has 2 aliphatic rings. The molecule has 1 N–H and O–H groups in total. The molecule has 0 aliphatic carbocycles. The van der Waals surface area contributed by atoms with Crippen LogP contribution in [-0.2, 0) is 18.9 Å². The van der Waals surface area contributed by atoms with E-state index in [1.807, 2.05) is 37.3 Å². The molecule has 0 amide bonds. The molecule has 3 rings (SSSR count). The van der Waals surface area contributed by atoms with Crippen LogP contribution in [0.4, 0.5) is 0 Å². The lowest BCUT2D eigenvalue weighted by Gasteiger charge is -2.46. The van der Waals surface area contributed by atoms with Gasteiger partial charge < -0.3 is 24.1 Å². The highest BCUT2D eigenvalue weighted by molar-refractivity contribution is 5.16. The molecule has 8 nitrogen and oxygen atoms in total. The summed E-state index contributed by atoms with van der Waals surface area (Å²) < 4.78 is 23.2. The SMILES string of the molecule is CCCCO[C@@H]1OC2COC(c3ccccc3)O[C@@H]2[C@@H](O)C1N=[N+]=[N-]. The Morgan fingerprint density at radius 2 is 2.12 bits per heavy atom. The van der Waals surface area contributed by atoms with E-state index in [-0.39, 0.29) is 6.61 Å². The lowest BCUT2D eigenvalue weighted by atomic mass is 9.96. The first kappa shape index (κ1) is 18.1. The number of aliphatic hydroxyl groups excluding tert-OH is 1. The van der Waals surface area contributed by atoms with Crippen LogP contribution < -0.4 is 0 Å². The Balaban J connectivity index is 1.71. The highest BCUT2D eigenvalue weighted by atomic mass is 16.7. The van der Waals surface area contributed by atoms with Gasteiger partial charge in [0.05, 0.1) is 12.7 Å². The number of aliphatic hydroxyl groups is 1. The van der Waals surface area contributed by atoms with E-state index >= 15 is 0 Å². The average molecular weight is 349 g/mol. The van der Waals surface area contributed by atoms with Gasteiger partial charge in [-0.05, 0) is 12.0 Å². The lowest BCUT2D eigenvalue weighted by molar-refractivity contribution is -0.341. The number of ether oxygens (including phenoxy) is 4. The smallest absolute Gasteiger partial charge is 0.184 e. The van der Waals surface area contributed by atoms with Crippen LogP contribution in [0, 0.1) is 0 Å². The van der Waals surface area contributed by atoms with Crippen LogP contribution in [0.3, 0.4) is 0 Å². The number of unbranched alkanes of at least 4 members (excludes halogenated alkanes) is 1. The Kier molecular flexibility index (Phi) is 6.25. The molecule has 2 heterocycles. The Bertz CT molecular complexity index is 595. The zero-order valence-corrected chi connectivity index (χ0v) is 14.1. The van der Waals surface area contributed by atoms with Crippen molar-refractivity contribution in [3.05, 3.63) is 46.3 Å². The Morgan fingerprint density at radius 3 is 2.84 bits per heavy atom. The minimum absolute atomic E-state index is 0.262. The Hall–Kier alpha value is -1.67. The van der Waals surface area contributed by atoms with Gasteiger partial charge in [-0.1, -0.05) is 48.8 Å². The fourth-order valence-corrected chi connectivity index (χ4v) is 3.02. The maximum Gasteiger partial charge on any atom is 0.184 e. The number of azide groups is 1. The zero-order chi connectivity index (χ0) is 17.6. The fraction of sp³-hybridized carbons (Fsp3) is 0.647. The first-order chi connectivity index (χ1) is 12.2. The quantitative estimate of drug-likeness (QED) is 0.368. The van der Waals surface area contributed by atoms with E-state index in [9.17, 15) is 5.11 Å². The van der Waals surface area contributed by atoms with Gasteiger partial charge >= 0.3 is 0 Å². The van der Waals surface area contributed by atoms with Crippen LogP contribution in [0.25, 0.3) is 10.4 Å². The number of nitrogens with zero attached hydrogens (tertiary/aromatic N) is 3. The summed E-state index contributed by atoms with van der Waals surface area (Å²) in [6, 6.07) is 8.61. The van der Waals surface area contributed by atoms with Crippen molar-refractivity contribution in [1.82, 2.24) is 0 Å². The monoisotopic (exact) mass is 349 g/mol. The van der Waals surface area contributed by atoms with Gasteiger partial charge in [0.15, 0.2) is 12.6 Å². The second kappa shape index (κ2) is 8.62. The van der Waals surface area contributed by atoms with E-state index < -0.39 is 36.9 Å². The van der Waals surface area contributed by atoms with Crippen LogP contribution >= 0.6 is 0 Å². The third-order valence-electron chi connectivity index (χ3n) is 4.37. The van der Waals surface area contributed by atoms with Gasteiger partial charge in [-0.3, -0.25) is 0 Å². The number of hydrogen-bond acceptors (Lipinski definition) is 6. The minimum atomic E-state index is -1.03. The van der Waals surface area contributed by atoms with E-state index in [0.29, 0.717) is 6.61 Å². The topological polar surface area (TPSA) is 106 Å². The summed E-state index contributed by atoms with van der Waals surface area (Å²) >= 11 is 0. The van der Waals surface area contributed by atoms with Crippen molar-refractivity contribution < 1.29 is 24.1 Å². The predicted octanol–water partition coefficient (Wildman–Crippen LogP) is 2.68. The van der Waals surface area contributed by atoms with Gasteiger partial charge in [-0.2, -0.15) is 0 Å². The van der Waals surface area contributed by atoms with E-state index in [0.717, 1.165) is 18.4 Å². The van der Waals surface area contributed by atoms with Crippen LogP contribution in [-0.4, -0.2) is 49.0 Å². The molecule has 0 aromatic heterocycles. The molecule has 1 aromatic carbocycles. The van der Waals surface area contributed by atoms with Crippen LogP contribution in [0.5, 0.6) is 0 Å². The second-order valence-corrected chi connectivity index (χ2v) is 6.13. The molecule has 0 spiro atoms. The number of fused-ring (bicyclic) bond motifs is 1. The Morgan fingerprint density at radius 1 is 1.32 bits per heavy atom. The molecule has 1 aromatic rings.